The van der Waals surface area contributed by atoms with Crippen molar-refractivity contribution in [2.75, 3.05) is 6.54 Å². The molecule has 4 rings (SSSR count). The largest absolute Gasteiger partial charge is 0.478 e. The topological polar surface area (TPSA) is 57.2 Å². The number of rotatable bonds is 4. The Morgan fingerprint density at radius 2 is 2.00 bits per heavy atom. The van der Waals surface area contributed by atoms with E-state index in [0.29, 0.717) is 5.75 Å². The number of likely N-dealkylation sites (tertiary alicyclic amines) is 1. The van der Waals surface area contributed by atoms with Gasteiger partial charge in [0.25, 0.3) is 5.91 Å². The van der Waals surface area contributed by atoms with Crippen molar-refractivity contribution < 1.29 is 23.7 Å². The zero-order valence-corrected chi connectivity index (χ0v) is 16.7. The van der Waals surface area contributed by atoms with Crippen molar-refractivity contribution in [2.24, 2.45) is 0 Å². The van der Waals surface area contributed by atoms with E-state index in [-0.39, 0.29) is 34.6 Å². The van der Waals surface area contributed by atoms with Crippen LogP contribution in [0, 0.1) is 12.3 Å². The van der Waals surface area contributed by atoms with Gasteiger partial charge in [-0.05, 0) is 26.0 Å². The zero-order chi connectivity index (χ0) is 18.5. The maximum atomic E-state index is 12.6. The average Bonchev–Trinajstić information content (AvgIpc) is 3.07. The maximum Gasteiger partial charge on any atom is 0.267 e. The van der Waals surface area contributed by atoms with E-state index in [1.165, 1.54) is 0 Å². The van der Waals surface area contributed by atoms with Gasteiger partial charge in [0.1, 0.15) is 17.9 Å². The second-order valence-electron chi connectivity index (χ2n) is 7.03. The Morgan fingerprint density at radius 1 is 1.27 bits per heavy atom. The van der Waals surface area contributed by atoms with Gasteiger partial charge in [0.2, 0.25) is 0 Å². The van der Waals surface area contributed by atoms with Crippen LogP contribution in [0.25, 0.3) is 0 Å². The summed E-state index contributed by atoms with van der Waals surface area (Å²) in [5.74, 6) is 2.40. The van der Waals surface area contributed by atoms with Gasteiger partial charge in [-0.25, -0.2) is 0 Å². The van der Waals surface area contributed by atoms with Crippen LogP contribution < -0.4 is 4.74 Å². The molecular weight excluding hydrogens is 449 g/mol. The molecule has 138 valence electrons. The van der Waals surface area contributed by atoms with Crippen LogP contribution in [0.1, 0.15) is 13.8 Å². The average molecular weight is 469 g/mol. The number of carbonyl (C=O) groups is 1. The molecule has 0 N–H and O–H groups in total. The highest BCUT2D eigenvalue weighted by molar-refractivity contribution is 14.1. The summed E-state index contributed by atoms with van der Waals surface area (Å²) >= 11 is 2.31. The first kappa shape index (κ1) is 18.0. The number of terminal acetylenes is 1. The van der Waals surface area contributed by atoms with Gasteiger partial charge >= 0.3 is 0 Å². The van der Waals surface area contributed by atoms with Crippen LogP contribution in [0.2, 0.25) is 0 Å². The molecule has 26 heavy (non-hydrogen) atoms. The van der Waals surface area contributed by atoms with Crippen molar-refractivity contribution in [3.8, 4) is 18.1 Å². The number of nitrogens with zero attached hydrogens (tertiary/aromatic N) is 1. The fraction of sp³-hybridized carbons (Fsp3) is 0.526. The van der Waals surface area contributed by atoms with Crippen LogP contribution in [-0.4, -0.2) is 57.7 Å². The highest BCUT2D eigenvalue weighted by Gasteiger charge is 2.62. The number of β-lactam (4-membered cyclic amide) rings is 1. The maximum absolute atomic E-state index is 12.6. The molecule has 1 aromatic carbocycles. The summed E-state index contributed by atoms with van der Waals surface area (Å²) in [6.07, 6.45) is 3.91. The number of ether oxygens (including phenoxy) is 4. The van der Waals surface area contributed by atoms with Crippen LogP contribution in [0.3, 0.4) is 0 Å². The smallest absolute Gasteiger partial charge is 0.267 e. The molecule has 3 fully saturated rings. The predicted octanol–water partition coefficient (Wildman–Crippen LogP) is 1.96. The lowest BCUT2D eigenvalue weighted by Gasteiger charge is -2.48. The lowest BCUT2D eigenvalue weighted by Crippen LogP contribution is -2.72. The van der Waals surface area contributed by atoms with Gasteiger partial charge in [-0.3, -0.25) is 4.79 Å². The molecule has 0 bridgehead atoms. The lowest BCUT2D eigenvalue weighted by molar-refractivity contribution is -0.220. The number of hydrogen-bond acceptors (Lipinski definition) is 5. The first-order chi connectivity index (χ1) is 12.4. The van der Waals surface area contributed by atoms with E-state index in [4.69, 9.17) is 25.4 Å². The Kier molecular flexibility index (Phi) is 4.63. The number of hydrogen-bond donors (Lipinski definition) is 0. The molecule has 0 radical (unpaired) electrons. The SMILES string of the molecule is C#CCN1C(=O)[C@H](Oc2ccccc2)[C@@H]1[C@H]1O[C@@H]2OC(C)(C)O[C@@H]2[C@@H]1I. The van der Waals surface area contributed by atoms with Crippen molar-refractivity contribution in [1.29, 1.82) is 0 Å². The predicted molar refractivity (Wildman–Crippen MR) is 102 cm³/mol. The van der Waals surface area contributed by atoms with Crippen molar-refractivity contribution in [3.05, 3.63) is 30.3 Å². The Hall–Kier alpha value is -1.34. The highest BCUT2D eigenvalue weighted by Crippen LogP contribution is 2.44. The van der Waals surface area contributed by atoms with Gasteiger partial charge in [0, 0.05) is 0 Å². The van der Waals surface area contributed by atoms with Crippen molar-refractivity contribution in [2.45, 2.75) is 54.2 Å². The zero-order valence-electron chi connectivity index (χ0n) is 14.5. The molecule has 0 saturated carbocycles. The molecule has 3 saturated heterocycles. The minimum atomic E-state index is -0.669. The Balaban J connectivity index is 1.54. The lowest BCUT2D eigenvalue weighted by atomic mass is 9.90. The number of benzene rings is 1. The third-order valence-corrected chi connectivity index (χ3v) is 6.23. The summed E-state index contributed by atoms with van der Waals surface area (Å²) in [5, 5.41) is 0. The van der Waals surface area contributed by atoms with Gasteiger partial charge in [-0.2, -0.15) is 0 Å². The van der Waals surface area contributed by atoms with Crippen LogP contribution in [0.15, 0.2) is 30.3 Å². The molecule has 6 atom stereocenters. The summed E-state index contributed by atoms with van der Waals surface area (Å²) in [6, 6.07) is 9.02. The molecule has 3 aliphatic rings. The number of alkyl halides is 1. The van der Waals surface area contributed by atoms with E-state index in [1.807, 2.05) is 44.2 Å². The third-order valence-electron chi connectivity index (χ3n) is 4.81. The number of carbonyl (C=O) groups excluding carboxylic acids is 1. The first-order valence-corrected chi connectivity index (χ1v) is 9.77. The minimum Gasteiger partial charge on any atom is -0.478 e. The van der Waals surface area contributed by atoms with E-state index in [0.717, 1.165) is 0 Å². The van der Waals surface area contributed by atoms with Gasteiger partial charge in [-0.1, -0.05) is 46.7 Å². The second kappa shape index (κ2) is 6.68. The van der Waals surface area contributed by atoms with Crippen molar-refractivity contribution in [1.82, 2.24) is 4.90 Å². The van der Waals surface area contributed by atoms with Crippen LogP contribution in [0.5, 0.6) is 5.75 Å². The molecule has 1 aromatic rings. The summed E-state index contributed by atoms with van der Waals surface area (Å²) in [7, 11) is 0. The van der Waals surface area contributed by atoms with Crippen LogP contribution in [0.4, 0.5) is 0 Å². The van der Waals surface area contributed by atoms with E-state index < -0.39 is 18.2 Å². The van der Waals surface area contributed by atoms with E-state index in [1.54, 1.807) is 4.90 Å². The molecule has 6 nitrogen and oxygen atoms in total. The van der Waals surface area contributed by atoms with Crippen LogP contribution >= 0.6 is 22.6 Å². The molecule has 0 aliphatic carbocycles. The summed E-state index contributed by atoms with van der Waals surface area (Å²) in [6.45, 7) is 3.96. The number of fused-ring (bicyclic) bond motifs is 1. The molecule has 7 heteroatoms. The van der Waals surface area contributed by atoms with Crippen molar-refractivity contribution in [3.63, 3.8) is 0 Å². The van der Waals surface area contributed by atoms with Crippen molar-refractivity contribution >= 4 is 28.5 Å². The van der Waals surface area contributed by atoms with Gasteiger partial charge in [-0.15, -0.1) is 6.42 Å². The highest BCUT2D eigenvalue weighted by atomic mass is 127. The standard InChI is InChI=1S/C19H20INO5/c1-4-10-21-13(16(17(21)22)23-11-8-6-5-7-9-11)14-12(20)15-18(24-14)26-19(2,3)25-15/h1,5-9,12-16,18H,10H2,2-3H3/t12-,13+,14+,15-,16-,18-/m1/s1. The molecule has 1 amide bonds. The summed E-state index contributed by atoms with van der Waals surface area (Å²) < 4.78 is 23.9. The fourth-order valence-corrected chi connectivity index (χ4v) is 4.78. The van der Waals surface area contributed by atoms with Gasteiger partial charge in [0.05, 0.1) is 16.6 Å². The number of halogens is 1. The quantitative estimate of drug-likeness (QED) is 0.292. The van der Waals surface area contributed by atoms with Crippen LogP contribution in [-0.2, 0) is 19.0 Å². The van der Waals surface area contributed by atoms with Gasteiger partial charge < -0.3 is 23.8 Å². The molecule has 3 heterocycles. The van der Waals surface area contributed by atoms with E-state index in [9.17, 15) is 4.79 Å². The Morgan fingerprint density at radius 3 is 2.65 bits per heavy atom. The number of amides is 1. The molecule has 3 aliphatic heterocycles. The second-order valence-corrected chi connectivity index (χ2v) is 8.46. The third kappa shape index (κ3) is 2.99. The number of para-hydroxylation sites is 1. The fourth-order valence-electron chi connectivity index (χ4n) is 3.70. The van der Waals surface area contributed by atoms with E-state index >= 15 is 0 Å². The normalized spacial score (nSPS) is 37.8. The van der Waals surface area contributed by atoms with Gasteiger partial charge in [0.15, 0.2) is 18.2 Å². The molecular formula is C19H20INO5. The summed E-state index contributed by atoms with van der Waals surface area (Å²) in [4.78, 5) is 14.2. The first-order valence-electron chi connectivity index (χ1n) is 8.52. The van der Waals surface area contributed by atoms with E-state index in [2.05, 4.69) is 28.5 Å². The molecule has 0 aromatic heterocycles. The molecule has 0 spiro atoms. The molecule has 0 unspecified atom stereocenters. The minimum absolute atomic E-state index is 0.0135. The Labute approximate surface area is 166 Å². The summed E-state index contributed by atoms with van der Waals surface area (Å²) in [5.41, 5.74) is 0. The monoisotopic (exact) mass is 469 g/mol. The Bertz CT molecular complexity index is 733.